The fourth-order valence-electron chi connectivity index (χ4n) is 1.94. The fourth-order valence-corrected chi connectivity index (χ4v) is 1.94. The summed E-state index contributed by atoms with van der Waals surface area (Å²) in [5.41, 5.74) is 5.59. The predicted octanol–water partition coefficient (Wildman–Crippen LogP) is 3.46. The van der Waals surface area contributed by atoms with E-state index < -0.39 is 5.82 Å². The Labute approximate surface area is 125 Å². The smallest absolute Gasteiger partial charge is 0.224 e. The standard InChI is InChI=1S/C16H25FN2O2/c1-12(2)21-13-8-9-15(14(17)11-13)19-16(20)7-5-3-4-6-10-18/h8-9,11-12H,3-7,10,18H2,1-2H3,(H,19,20). The second-order valence-corrected chi connectivity index (χ2v) is 5.31. The number of carbonyl (C=O) groups is 1. The SMILES string of the molecule is CC(C)Oc1ccc(NC(=O)CCCCCCN)c(F)c1. The second kappa shape index (κ2) is 9.34. The molecule has 118 valence electrons. The van der Waals surface area contributed by atoms with Crippen molar-refractivity contribution in [1.29, 1.82) is 0 Å². The van der Waals surface area contributed by atoms with Crippen LogP contribution in [-0.2, 0) is 4.79 Å². The van der Waals surface area contributed by atoms with Crippen LogP contribution in [0.2, 0.25) is 0 Å². The van der Waals surface area contributed by atoms with E-state index >= 15 is 0 Å². The summed E-state index contributed by atoms with van der Waals surface area (Å²) in [5, 5.41) is 2.59. The Morgan fingerprint density at radius 2 is 2.00 bits per heavy atom. The number of nitrogens with two attached hydrogens (primary N) is 1. The van der Waals surface area contributed by atoms with Crippen molar-refractivity contribution in [3.05, 3.63) is 24.0 Å². The van der Waals surface area contributed by atoms with E-state index in [1.54, 1.807) is 6.07 Å². The maximum atomic E-state index is 13.8. The minimum absolute atomic E-state index is 0.0154. The van der Waals surface area contributed by atoms with Gasteiger partial charge in [0.15, 0.2) is 0 Å². The van der Waals surface area contributed by atoms with E-state index in [1.165, 1.54) is 12.1 Å². The number of ether oxygens (including phenoxy) is 1. The normalized spacial score (nSPS) is 10.7. The number of halogens is 1. The minimum atomic E-state index is -0.482. The van der Waals surface area contributed by atoms with E-state index in [1.807, 2.05) is 13.8 Å². The molecule has 3 N–H and O–H groups in total. The van der Waals surface area contributed by atoms with E-state index in [4.69, 9.17) is 10.5 Å². The van der Waals surface area contributed by atoms with Gasteiger partial charge in [-0.2, -0.15) is 0 Å². The van der Waals surface area contributed by atoms with Gasteiger partial charge in [0.1, 0.15) is 11.6 Å². The molecule has 0 aliphatic rings. The maximum absolute atomic E-state index is 13.8. The first kappa shape index (κ1) is 17.4. The molecule has 0 atom stereocenters. The molecule has 0 saturated heterocycles. The molecule has 0 aliphatic carbocycles. The highest BCUT2D eigenvalue weighted by atomic mass is 19.1. The summed E-state index contributed by atoms with van der Waals surface area (Å²) in [6.45, 7) is 4.43. The topological polar surface area (TPSA) is 64.3 Å². The van der Waals surface area contributed by atoms with Crippen LogP contribution < -0.4 is 15.8 Å². The zero-order chi connectivity index (χ0) is 15.7. The highest BCUT2D eigenvalue weighted by molar-refractivity contribution is 5.90. The van der Waals surface area contributed by atoms with Crippen molar-refractivity contribution >= 4 is 11.6 Å². The van der Waals surface area contributed by atoms with Crippen molar-refractivity contribution in [3.8, 4) is 5.75 Å². The van der Waals surface area contributed by atoms with Gasteiger partial charge in [-0.05, 0) is 45.4 Å². The monoisotopic (exact) mass is 296 g/mol. The van der Waals surface area contributed by atoms with Gasteiger partial charge in [-0.25, -0.2) is 4.39 Å². The van der Waals surface area contributed by atoms with E-state index in [2.05, 4.69) is 5.32 Å². The number of hydrogen-bond donors (Lipinski definition) is 2. The molecule has 0 spiro atoms. The fraction of sp³-hybridized carbons (Fsp3) is 0.562. The molecule has 1 aromatic carbocycles. The van der Waals surface area contributed by atoms with Gasteiger partial charge in [-0.1, -0.05) is 12.8 Å². The first-order chi connectivity index (χ1) is 10.0. The van der Waals surface area contributed by atoms with Crippen LogP contribution in [0.15, 0.2) is 18.2 Å². The third kappa shape index (κ3) is 7.09. The van der Waals surface area contributed by atoms with Crippen LogP contribution in [0.1, 0.15) is 46.0 Å². The lowest BCUT2D eigenvalue weighted by Gasteiger charge is -2.11. The lowest BCUT2D eigenvalue weighted by molar-refractivity contribution is -0.116. The van der Waals surface area contributed by atoms with Crippen LogP contribution in [0.4, 0.5) is 10.1 Å². The Kier molecular flexibility index (Phi) is 7.75. The lowest BCUT2D eigenvalue weighted by atomic mass is 10.1. The number of anilines is 1. The Morgan fingerprint density at radius 1 is 1.29 bits per heavy atom. The summed E-state index contributed by atoms with van der Waals surface area (Å²) in [4.78, 5) is 11.7. The highest BCUT2D eigenvalue weighted by Crippen LogP contribution is 2.21. The average molecular weight is 296 g/mol. The summed E-state index contributed by atoms with van der Waals surface area (Å²) in [5.74, 6) is -0.189. The zero-order valence-electron chi connectivity index (χ0n) is 12.8. The van der Waals surface area contributed by atoms with Crippen LogP contribution in [-0.4, -0.2) is 18.6 Å². The lowest BCUT2D eigenvalue weighted by Crippen LogP contribution is -2.13. The molecule has 0 saturated carbocycles. The molecular weight excluding hydrogens is 271 g/mol. The molecule has 0 bridgehead atoms. The van der Waals surface area contributed by atoms with Crippen LogP contribution in [0.5, 0.6) is 5.75 Å². The number of unbranched alkanes of at least 4 members (excludes halogenated alkanes) is 3. The van der Waals surface area contributed by atoms with E-state index in [0.717, 1.165) is 25.7 Å². The molecule has 1 amide bonds. The molecule has 0 unspecified atom stereocenters. The molecule has 1 aromatic rings. The van der Waals surface area contributed by atoms with Crippen molar-refractivity contribution in [2.75, 3.05) is 11.9 Å². The highest BCUT2D eigenvalue weighted by Gasteiger charge is 2.09. The third-order valence-electron chi connectivity index (χ3n) is 2.94. The first-order valence-corrected chi connectivity index (χ1v) is 7.49. The Bertz CT molecular complexity index is 450. The molecule has 4 nitrogen and oxygen atoms in total. The molecule has 5 heteroatoms. The van der Waals surface area contributed by atoms with Gasteiger partial charge in [0.2, 0.25) is 5.91 Å². The predicted molar refractivity (Wildman–Crippen MR) is 82.9 cm³/mol. The zero-order valence-corrected chi connectivity index (χ0v) is 12.8. The van der Waals surface area contributed by atoms with Gasteiger partial charge in [0, 0.05) is 12.5 Å². The van der Waals surface area contributed by atoms with Gasteiger partial charge >= 0.3 is 0 Å². The first-order valence-electron chi connectivity index (χ1n) is 7.49. The van der Waals surface area contributed by atoms with Gasteiger partial charge in [0.25, 0.3) is 0 Å². The number of rotatable bonds is 9. The number of amides is 1. The van der Waals surface area contributed by atoms with Gasteiger partial charge < -0.3 is 15.8 Å². The maximum Gasteiger partial charge on any atom is 0.224 e. The van der Waals surface area contributed by atoms with E-state index in [-0.39, 0.29) is 17.7 Å². The largest absolute Gasteiger partial charge is 0.491 e. The summed E-state index contributed by atoms with van der Waals surface area (Å²) in [6.07, 6.45) is 4.15. The van der Waals surface area contributed by atoms with E-state index in [9.17, 15) is 9.18 Å². The molecule has 0 aliphatic heterocycles. The molecule has 0 radical (unpaired) electrons. The van der Waals surface area contributed by atoms with Crippen molar-refractivity contribution in [1.82, 2.24) is 0 Å². The Morgan fingerprint density at radius 3 is 2.62 bits per heavy atom. The number of benzene rings is 1. The summed E-state index contributed by atoms with van der Waals surface area (Å²) < 4.78 is 19.2. The summed E-state index contributed by atoms with van der Waals surface area (Å²) in [6, 6.07) is 4.47. The molecule has 0 aromatic heterocycles. The van der Waals surface area contributed by atoms with Crippen LogP contribution >= 0.6 is 0 Å². The summed E-state index contributed by atoms with van der Waals surface area (Å²) >= 11 is 0. The average Bonchev–Trinajstić information content (AvgIpc) is 2.41. The van der Waals surface area contributed by atoms with Gasteiger partial charge in [-0.15, -0.1) is 0 Å². The number of hydrogen-bond acceptors (Lipinski definition) is 3. The van der Waals surface area contributed by atoms with Crippen molar-refractivity contribution < 1.29 is 13.9 Å². The minimum Gasteiger partial charge on any atom is -0.491 e. The molecule has 21 heavy (non-hydrogen) atoms. The second-order valence-electron chi connectivity index (χ2n) is 5.31. The Balaban J connectivity index is 2.41. The van der Waals surface area contributed by atoms with Crippen molar-refractivity contribution in [3.63, 3.8) is 0 Å². The van der Waals surface area contributed by atoms with Crippen LogP contribution in [0.3, 0.4) is 0 Å². The van der Waals surface area contributed by atoms with E-state index in [0.29, 0.717) is 18.7 Å². The van der Waals surface area contributed by atoms with Crippen molar-refractivity contribution in [2.24, 2.45) is 5.73 Å². The summed E-state index contributed by atoms with van der Waals surface area (Å²) in [7, 11) is 0. The van der Waals surface area contributed by atoms with Crippen molar-refractivity contribution in [2.45, 2.75) is 52.1 Å². The quantitative estimate of drug-likeness (QED) is 0.686. The van der Waals surface area contributed by atoms with Gasteiger partial charge in [-0.3, -0.25) is 4.79 Å². The van der Waals surface area contributed by atoms with Crippen LogP contribution in [0.25, 0.3) is 0 Å². The molecule has 0 heterocycles. The number of nitrogens with one attached hydrogen (secondary N) is 1. The van der Waals surface area contributed by atoms with Gasteiger partial charge in [0.05, 0.1) is 11.8 Å². The molecule has 0 fully saturated rings. The molecular formula is C16H25FN2O2. The number of carbonyl (C=O) groups excluding carboxylic acids is 1. The Hall–Kier alpha value is -1.62. The molecule has 1 rings (SSSR count). The third-order valence-corrected chi connectivity index (χ3v) is 2.94. The van der Waals surface area contributed by atoms with Crippen LogP contribution in [0, 0.1) is 5.82 Å².